The molecule has 0 radical (unpaired) electrons. The second-order valence-electron chi connectivity index (χ2n) is 2.02. The molecule has 82 valence electrons. The third kappa shape index (κ3) is 4.76. The van der Waals surface area contributed by atoms with Crippen LogP contribution in [0.3, 0.4) is 0 Å². The Hall–Kier alpha value is -0.410. The van der Waals surface area contributed by atoms with Crippen molar-refractivity contribution in [1.29, 1.82) is 0 Å². The second kappa shape index (κ2) is 5.61. The van der Waals surface area contributed by atoms with Gasteiger partial charge in [0.05, 0.1) is 5.97 Å². The summed E-state index contributed by atoms with van der Waals surface area (Å²) in [6.07, 6.45) is -6.12. The predicted octanol–water partition coefficient (Wildman–Crippen LogP) is -3.52. The van der Waals surface area contributed by atoms with Gasteiger partial charge in [0.2, 0.25) is 0 Å². The molecule has 0 saturated carbocycles. The zero-order valence-electron chi connectivity index (χ0n) is 7.23. The summed E-state index contributed by atoms with van der Waals surface area (Å²) in [5.74, 6) is -10.8. The summed E-state index contributed by atoms with van der Waals surface area (Å²) >= 11 is 0. The summed E-state index contributed by atoms with van der Waals surface area (Å²) in [6, 6.07) is 0. The number of carbonyl (C=O) groups is 2. The van der Waals surface area contributed by atoms with Crippen molar-refractivity contribution in [3.8, 4) is 0 Å². The van der Waals surface area contributed by atoms with Crippen molar-refractivity contribution in [2.24, 2.45) is 0 Å². The Morgan fingerprint density at radius 2 is 1.53 bits per heavy atom. The van der Waals surface area contributed by atoms with E-state index in [1.165, 1.54) is 0 Å². The molecule has 0 fully saturated rings. The van der Waals surface area contributed by atoms with Gasteiger partial charge in [0.15, 0.2) is 0 Å². The first kappa shape index (κ1) is 17.0. The van der Waals surface area contributed by atoms with Crippen LogP contribution in [0.4, 0.5) is 22.0 Å². The maximum atomic E-state index is 12.0. The van der Waals surface area contributed by atoms with Gasteiger partial charge in [0, 0.05) is 0 Å². The Labute approximate surface area is 102 Å². The van der Waals surface area contributed by atoms with E-state index >= 15 is 0 Å². The monoisotopic (exact) mass is 244 g/mol. The molecule has 0 bridgehead atoms. The third-order valence-electron chi connectivity index (χ3n) is 0.934. The number of carboxylic acid groups (broad SMARTS) is 1. The number of hydrogen-bond donors (Lipinski definition) is 0. The SMILES string of the molecule is O=C([O-])COC(=O)C(F)(F)C(F)(F)F.[Na+]. The van der Waals surface area contributed by atoms with Crippen LogP contribution in [-0.4, -0.2) is 30.6 Å². The van der Waals surface area contributed by atoms with Crippen molar-refractivity contribution in [2.75, 3.05) is 6.61 Å². The number of ether oxygens (including phenoxy) is 1. The Morgan fingerprint density at radius 1 is 1.13 bits per heavy atom. The van der Waals surface area contributed by atoms with Gasteiger partial charge >= 0.3 is 47.6 Å². The van der Waals surface area contributed by atoms with Crippen molar-refractivity contribution in [1.82, 2.24) is 0 Å². The molecule has 0 aliphatic heterocycles. The van der Waals surface area contributed by atoms with Gasteiger partial charge in [-0.3, -0.25) is 0 Å². The van der Waals surface area contributed by atoms with Gasteiger partial charge in [-0.2, -0.15) is 22.0 Å². The van der Waals surface area contributed by atoms with Crippen LogP contribution in [0.15, 0.2) is 0 Å². The number of hydrogen-bond acceptors (Lipinski definition) is 4. The minimum Gasteiger partial charge on any atom is -0.546 e. The minimum absolute atomic E-state index is 0. The molecule has 0 saturated heterocycles. The fourth-order valence-electron chi connectivity index (χ4n) is 0.331. The van der Waals surface area contributed by atoms with Gasteiger partial charge in [0.1, 0.15) is 6.61 Å². The molecule has 15 heavy (non-hydrogen) atoms. The molecule has 0 aliphatic rings. The van der Waals surface area contributed by atoms with Crippen LogP contribution in [0.2, 0.25) is 0 Å². The number of carbonyl (C=O) groups excluding carboxylic acids is 2. The number of esters is 1. The molecule has 0 heterocycles. The van der Waals surface area contributed by atoms with Crippen molar-refractivity contribution in [3.05, 3.63) is 0 Å². The first-order valence-electron chi connectivity index (χ1n) is 2.90. The summed E-state index contributed by atoms with van der Waals surface area (Å²) in [5.41, 5.74) is 0. The van der Waals surface area contributed by atoms with Crippen molar-refractivity contribution in [2.45, 2.75) is 12.1 Å². The molecule has 10 heteroatoms. The van der Waals surface area contributed by atoms with Gasteiger partial charge in [-0.15, -0.1) is 0 Å². The minimum atomic E-state index is -6.12. The van der Waals surface area contributed by atoms with Crippen molar-refractivity contribution < 1.29 is 70.9 Å². The molecule has 0 atom stereocenters. The largest absolute Gasteiger partial charge is 1.00 e. The number of halogens is 5. The van der Waals surface area contributed by atoms with E-state index in [4.69, 9.17) is 0 Å². The van der Waals surface area contributed by atoms with Gasteiger partial charge < -0.3 is 14.6 Å². The molecule has 0 N–H and O–H groups in total. The van der Waals surface area contributed by atoms with Gasteiger partial charge in [-0.05, 0) is 0 Å². The molecular formula is C5H2F5NaO4. The van der Waals surface area contributed by atoms with E-state index in [-0.39, 0.29) is 29.6 Å². The Morgan fingerprint density at radius 3 is 1.80 bits per heavy atom. The molecule has 0 aliphatic carbocycles. The predicted molar refractivity (Wildman–Crippen MR) is 27.0 cm³/mol. The second-order valence-corrected chi connectivity index (χ2v) is 2.02. The van der Waals surface area contributed by atoms with Crippen LogP contribution in [0, 0.1) is 0 Å². The average Bonchev–Trinajstić information content (AvgIpc) is 1.97. The Kier molecular flexibility index (Phi) is 6.36. The quantitative estimate of drug-likeness (QED) is 0.293. The van der Waals surface area contributed by atoms with Crippen LogP contribution >= 0.6 is 0 Å². The van der Waals surface area contributed by atoms with E-state index in [9.17, 15) is 36.6 Å². The van der Waals surface area contributed by atoms with Crippen LogP contribution in [-0.2, 0) is 14.3 Å². The average molecular weight is 244 g/mol. The smallest absolute Gasteiger partial charge is 0.546 e. The molecule has 0 aromatic heterocycles. The molecule has 0 unspecified atom stereocenters. The molecule has 0 spiro atoms. The zero-order chi connectivity index (χ0) is 11.6. The van der Waals surface area contributed by atoms with Crippen LogP contribution < -0.4 is 34.7 Å². The first-order chi connectivity index (χ1) is 6.09. The van der Waals surface area contributed by atoms with Crippen molar-refractivity contribution in [3.63, 3.8) is 0 Å². The van der Waals surface area contributed by atoms with Crippen LogP contribution in [0.25, 0.3) is 0 Å². The number of carboxylic acids is 1. The van der Waals surface area contributed by atoms with Gasteiger partial charge in [-0.25, -0.2) is 4.79 Å². The number of alkyl halides is 5. The molecule has 0 rings (SSSR count). The van der Waals surface area contributed by atoms with E-state index in [1.54, 1.807) is 0 Å². The molecule has 0 amide bonds. The van der Waals surface area contributed by atoms with Crippen molar-refractivity contribution >= 4 is 11.9 Å². The molecular weight excluding hydrogens is 242 g/mol. The summed E-state index contributed by atoms with van der Waals surface area (Å²) < 4.78 is 61.2. The Balaban J connectivity index is 0. The van der Waals surface area contributed by atoms with E-state index < -0.39 is 30.6 Å². The van der Waals surface area contributed by atoms with E-state index in [0.717, 1.165) is 0 Å². The Bertz CT molecular complexity index is 250. The van der Waals surface area contributed by atoms with E-state index in [0.29, 0.717) is 0 Å². The maximum absolute atomic E-state index is 12.0. The summed E-state index contributed by atoms with van der Waals surface area (Å²) in [7, 11) is 0. The zero-order valence-corrected chi connectivity index (χ0v) is 9.23. The molecule has 0 aromatic carbocycles. The molecule has 4 nitrogen and oxygen atoms in total. The maximum Gasteiger partial charge on any atom is 1.00 e. The summed E-state index contributed by atoms with van der Waals surface area (Å²) in [5, 5.41) is 9.57. The summed E-state index contributed by atoms with van der Waals surface area (Å²) in [4.78, 5) is 19.6. The topological polar surface area (TPSA) is 66.4 Å². The van der Waals surface area contributed by atoms with Crippen LogP contribution in [0.1, 0.15) is 0 Å². The number of aliphatic carboxylic acids is 1. The fourth-order valence-corrected chi connectivity index (χ4v) is 0.331. The fraction of sp³-hybridized carbons (Fsp3) is 0.600. The third-order valence-corrected chi connectivity index (χ3v) is 0.934. The standard InChI is InChI=1S/C5H3F5O4.Na/c6-4(7,5(8,9)10)3(13)14-1-2(11)12;/h1H2,(H,11,12);/q;+1/p-1. The van der Waals surface area contributed by atoms with Crippen LogP contribution in [0.5, 0.6) is 0 Å². The van der Waals surface area contributed by atoms with E-state index in [1.807, 2.05) is 0 Å². The number of rotatable bonds is 3. The first-order valence-corrected chi connectivity index (χ1v) is 2.90. The molecule has 0 aromatic rings. The normalized spacial score (nSPS) is 11.5. The van der Waals surface area contributed by atoms with Gasteiger partial charge in [-0.1, -0.05) is 0 Å². The van der Waals surface area contributed by atoms with E-state index in [2.05, 4.69) is 4.74 Å². The van der Waals surface area contributed by atoms with Gasteiger partial charge in [0.25, 0.3) is 0 Å². The summed E-state index contributed by atoms with van der Waals surface area (Å²) in [6.45, 7) is -1.66.